The van der Waals surface area contributed by atoms with Gasteiger partial charge in [0.2, 0.25) is 0 Å². The topological polar surface area (TPSA) is 92.9 Å². The Morgan fingerprint density at radius 2 is 1.91 bits per heavy atom. The standard InChI is InChI=1S/C24H19FN2O5/c1-3-12-31-18-10-6-15(7-11-18)21-20(22(28)16-4-8-17(25)9-5-16)23(29)24(30)27(21)19-13-14(2)32-26-19/h3-11,13,21,28H,1,12H2,2H3/t21-/m0/s1. The van der Waals surface area contributed by atoms with E-state index in [9.17, 15) is 19.1 Å². The maximum absolute atomic E-state index is 13.4. The number of aliphatic hydroxyl groups excluding tert-OH is 1. The van der Waals surface area contributed by atoms with Gasteiger partial charge >= 0.3 is 5.91 Å². The van der Waals surface area contributed by atoms with Gasteiger partial charge in [-0.15, -0.1) is 0 Å². The van der Waals surface area contributed by atoms with Crippen LogP contribution >= 0.6 is 0 Å². The highest BCUT2D eigenvalue weighted by Crippen LogP contribution is 2.42. The van der Waals surface area contributed by atoms with E-state index in [1.54, 1.807) is 37.3 Å². The Morgan fingerprint density at radius 1 is 1.22 bits per heavy atom. The van der Waals surface area contributed by atoms with E-state index in [0.29, 0.717) is 23.7 Å². The molecule has 4 rings (SSSR count). The fourth-order valence-corrected chi connectivity index (χ4v) is 3.52. The van der Waals surface area contributed by atoms with E-state index in [0.717, 1.165) is 12.1 Å². The van der Waals surface area contributed by atoms with E-state index >= 15 is 0 Å². The lowest BCUT2D eigenvalue weighted by Gasteiger charge is -2.23. The van der Waals surface area contributed by atoms with Crippen molar-refractivity contribution in [2.45, 2.75) is 13.0 Å². The zero-order valence-corrected chi connectivity index (χ0v) is 17.1. The first kappa shape index (κ1) is 21.0. The molecule has 2 aromatic carbocycles. The first-order valence-corrected chi connectivity index (χ1v) is 9.74. The normalized spacial score (nSPS) is 17.6. The molecule has 0 spiro atoms. The average Bonchev–Trinajstić information content (AvgIpc) is 3.33. The molecule has 0 unspecified atom stereocenters. The van der Waals surface area contributed by atoms with Crippen molar-refractivity contribution in [2.75, 3.05) is 11.5 Å². The smallest absolute Gasteiger partial charge is 0.301 e. The monoisotopic (exact) mass is 434 g/mol. The minimum absolute atomic E-state index is 0.137. The van der Waals surface area contributed by atoms with Crippen LogP contribution in [0.5, 0.6) is 5.75 Å². The minimum atomic E-state index is -0.974. The van der Waals surface area contributed by atoms with E-state index in [4.69, 9.17) is 9.26 Å². The molecule has 1 aromatic heterocycles. The Morgan fingerprint density at radius 3 is 2.50 bits per heavy atom. The van der Waals surface area contributed by atoms with Crippen molar-refractivity contribution in [3.63, 3.8) is 0 Å². The first-order valence-electron chi connectivity index (χ1n) is 9.74. The second-order valence-corrected chi connectivity index (χ2v) is 7.14. The highest BCUT2D eigenvalue weighted by Gasteiger charge is 2.48. The SMILES string of the molecule is C=CCOc1ccc([C@H]2C(=C(O)c3ccc(F)cc3)C(=O)C(=O)N2c2cc(C)on2)cc1. The van der Waals surface area contributed by atoms with Crippen molar-refractivity contribution in [3.05, 3.63) is 95.5 Å². The number of Topliss-reactive ketones (excluding diaryl/α,β-unsaturated/α-hetero) is 1. The Hall–Kier alpha value is -4.20. The number of amides is 1. The molecule has 1 aliphatic heterocycles. The summed E-state index contributed by atoms with van der Waals surface area (Å²) in [6.45, 7) is 5.58. The Bertz CT molecular complexity index is 1210. The molecule has 32 heavy (non-hydrogen) atoms. The van der Waals surface area contributed by atoms with Gasteiger partial charge in [0.25, 0.3) is 5.78 Å². The molecule has 1 N–H and O–H groups in total. The lowest BCUT2D eigenvalue weighted by molar-refractivity contribution is -0.132. The van der Waals surface area contributed by atoms with Gasteiger partial charge in [-0.25, -0.2) is 4.39 Å². The fourth-order valence-electron chi connectivity index (χ4n) is 3.52. The molecule has 3 aromatic rings. The number of carbonyl (C=O) groups is 2. The van der Waals surface area contributed by atoms with E-state index in [1.165, 1.54) is 23.1 Å². The highest BCUT2D eigenvalue weighted by molar-refractivity contribution is 6.51. The number of carbonyl (C=O) groups excluding carboxylic acids is 2. The molecule has 1 aliphatic rings. The predicted octanol–water partition coefficient (Wildman–Crippen LogP) is 4.31. The number of nitrogens with zero attached hydrogens (tertiary/aromatic N) is 2. The number of ether oxygens (including phenoxy) is 1. The van der Waals surface area contributed by atoms with Gasteiger partial charge in [-0.2, -0.15) is 0 Å². The number of halogens is 1. The van der Waals surface area contributed by atoms with Gasteiger partial charge in [0.05, 0.1) is 11.6 Å². The summed E-state index contributed by atoms with van der Waals surface area (Å²) in [4.78, 5) is 27.1. The number of rotatable bonds is 6. The molecule has 0 saturated carbocycles. The molecule has 0 aliphatic carbocycles. The van der Waals surface area contributed by atoms with Gasteiger partial charge in [-0.05, 0) is 48.9 Å². The van der Waals surface area contributed by atoms with Gasteiger partial charge < -0.3 is 14.4 Å². The number of hydrogen-bond donors (Lipinski definition) is 1. The summed E-state index contributed by atoms with van der Waals surface area (Å²) in [5, 5.41) is 14.8. The molecule has 1 atom stereocenters. The van der Waals surface area contributed by atoms with Crippen LogP contribution in [0, 0.1) is 12.7 Å². The number of hydrogen-bond acceptors (Lipinski definition) is 6. The second kappa shape index (κ2) is 8.50. The predicted molar refractivity (Wildman–Crippen MR) is 115 cm³/mol. The Kier molecular flexibility index (Phi) is 5.59. The van der Waals surface area contributed by atoms with Crippen molar-refractivity contribution in [2.24, 2.45) is 0 Å². The summed E-state index contributed by atoms with van der Waals surface area (Å²) in [6, 6.07) is 12.3. The quantitative estimate of drug-likeness (QED) is 0.269. The summed E-state index contributed by atoms with van der Waals surface area (Å²) in [7, 11) is 0. The molecule has 0 radical (unpaired) electrons. The number of aryl methyl sites for hydroxylation is 1. The highest BCUT2D eigenvalue weighted by atomic mass is 19.1. The number of aliphatic hydroxyl groups is 1. The fraction of sp³-hybridized carbons (Fsp3) is 0.125. The summed E-state index contributed by atoms with van der Waals surface area (Å²) in [5.41, 5.74) is 0.609. The summed E-state index contributed by atoms with van der Waals surface area (Å²) < 4.78 is 23.9. The molecule has 8 heteroatoms. The van der Waals surface area contributed by atoms with Crippen molar-refractivity contribution in [3.8, 4) is 5.75 Å². The average molecular weight is 434 g/mol. The lowest BCUT2D eigenvalue weighted by Crippen LogP contribution is -2.29. The minimum Gasteiger partial charge on any atom is -0.507 e. The number of ketones is 1. The molecule has 1 saturated heterocycles. The van der Waals surface area contributed by atoms with Crippen molar-refractivity contribution in [1.29, 1.82) is 0 Å². The Balaban J connectivity index is 1.86. The van der Waals surface area contributed by atoms with Gasteiger partial charge in [0.1, 0.15) is 29.7 Å². The van der Waals surface area contributed by atoms with Crippen molar-refractivity contribution < 1.29 is 28.3 Å². The molecule has 2 heterocycles. The van der Waals surface area contributed by atoms with Crippen LogP contribution in [-0.2, 0) is 9.59 Å². The first-order chi connectivity index (χ1) is 15.4. The van der Waals surface area contributed by atoms with Crippen LogP contribution in [0.15, 0.2) is 77.3 Å². The molecule has 1 amide bonds. The van der Waals surface area contributed by atoms with E-state index < -0.39 is 29.3 Å². The van der Waals surface area contributed by atoms with Gasteiger partial charge in [-0.3, -0.25) is 14.5 Å². The summed E-state index contributed by atoms with van der Waals surface area (Å²) >= 11 is 0. The molecular formula is C24H19FN2O5. The molecular weight excluding hydrogens is 415 g/mol. The third-order valence-electron chi connectivity index (χ3n) is 4.99. The largest absolute Gasteiger partial charge is 0.507 e. The van der Waals surface area contributed by atoms with E-state index in [2.05, 4.69) is 11.7 Å². The number of aromatic nitrogens is 1. The number of benzene rings is 2. The van der Waals surface area contributed by atoms with Gasteiger partial charge in [0, 0.05) is 11.6 Å². The third kappa shape index (κ3) is 3.78. The maximum Gasteiger partial charge on any atom is 0.301 e. The van der Waals surface area contributed by atoms with Crippen LogP contribution in [0.3, 0.4) is 0 Å². The number of anilines is 1. The van der Waals surface area contributed by atoms with Crippen molar-refractivity contribution in [1.82, 2.24) is 5.16 Å². The summed E-state index contributed by atoms with van der Waals surface area (Å²) in [6.07, 6.45) is 1.61. The van der Waals surface area contributed by atoms with Crippen LogP contribution in [0.4, 0.5) is 10.2 Å². The van der Waals surface area contributed by atoms with Crippen LogP contribution in [0.2, 0.25) is 0 Å². The molecule has 0 bridgehead atoms. The van der Waals surface area contributed by atoms with Gasteiger partial charge in [-0.1, -0.05) is 29.9 Å². The van der Waals surface area contributed by atoms with Gasteiger partial charge in [0.15, 0.2) is 5.82 Å². The van der Waals surface area contributed by atoms with Crippen molar-refractivity contribution >= 4 is 23.3 Å². The summed E-state index contributed by atoms with van der Waals surface area (Å²) in [5.74, 6) is -1.49. The third-order valence-corrected chi connectivity index (χ3v) is 4.99. The zero-order chi connectivity index (χ0) is 22.8. The lowest BCUT2D eigenvalue weighted by atomic mass is 9.95. The van der Waals surface area contributed by atoms with Crippen LogP contribution in [0.25, 0.3) is 5.76 Å². The molecule has 7 nitrogen and oxygen atoms in total. The van der Waals surface area contributed by atoms with Crippen LogP contribution < -0.4 is 9.64 Å². The second-order valence-electron chi connectivity index (χ2n) is 7.14. The van der Waals surface area contributed by atoms with E-state index in [1.807, 2.05) is 0 Å². The molecule has 162 valence electrons. The zero-order valence-electron chi connectivity index (χ0n) is 17.1. The molecule has 1 fully saturated rings. The van der Waals surface area contributed by atoms with Crippen LogP contribution in [0.1, 0.15) is 22.9 Å². The van der Waals surface area contributed by atoms with Crippen LogP contribution in [-0.4, -0.2) is 28.6 Å². The Labute approximate surface area is 183 Å². The van der Waals surface area contributed by atoms with E-state index in [-0.39, 0.29) is 17.0 Å². The maximum atomic E-state index is 13.4.